The molecular weight excluding hydrogens is 277 g/mol. The molecule has 0 amide bonds. The average Bonchev–Trinajstić information content (AvgIpc) is 2.44. The van der Waals surface area contributed by atoms with Crippen LogP contribution in [0.1, 0.15) is 25.5 Å². The summed E-state index contributed by atoms with van der Waals surface area (Å²) in [7, 11) is 0. The molecule has 106 valence electrons. The smallest absolute Gasteiger partial charge is 0.146 e. The molecule has 0 aliphatic carbocycles. The molecule has 0 heterocycles. The summed E-state index contributed by atoms with van der Waals surface area (Å²) in [4.78, 5) is 1.89. The lowest BCUT2D eigenvalue weighted by Gasteiger charge is -2.31. The van der Waals surface area contributed by atoms with Gasteiger partial charge < -0.3 is 10.0 Å². The Bertz CT molecular complexity index is 603. The molecule has 2 aromatic rings. The Morgan fingerprint density at radius 1 is 1.25 bits per heavy atom. The predicted molar refractivity (Wildman–Crippen MR) is 81.0 cm³/mol. The van der Waals surface area contributed by atoms with Gasteiger partial charge in [-0.2, -0.15) is 0 Å². The molecule has 2 aromatic carbocycles. The van der Waals surface area contributed by atoms with Gasteiger partial charge in [0.1, 0.15) is 11.6 Å². The van der Waals surface area contributed by atoms with Crippen molar-refractivity contribution in [3.05, 3.63) is 58.9 Å². The number of benzene rings is 2. The van der Waals surface area contributed by atoms with Crippen molar-refractivity contribution in [3.63, 3.8) is 0 Å². The van der Waals surface area contributed by atoms with Gasteiger partial charge in [-0.15, -0.1) is 0 Å². The fourth-order valence-electron chi connectivity index (χ4n) is 2.37. The van der Waals surface area contributed by atoms with Crippen molar-refractivity contribution in [2.45, 2.75) is 19.9 Å². The van der Waals surface area contributed by atoms with Gasteiger partial charge in [0.05, 0.1) is 11.7 Å². The molecule has 4 heteroatoms. The Morgan fingerprint density at radius 3 is 2.60 bits per heavy atom. The zero-order valence-corrected chi connectivity index (χ0v) is 12.2. The Labute approximate surface area is 123 Å². The first-order valence-electron chi connectivity index (χ1n) is 6.54. The Kier molecular flexibility index (Phi) is 4.50. The number of rotatable bonds is 4. The van der Waals surface area contributed by atoms with Gasteiger partial charge >= 0.3 is 0 Å². The van der Waals surface area contributed by atoms with E-state index in [4.69, 9.17) is 11.6 Å². The van der Waals surface area contributed by atoms with Gasteiger partial charge in [0.15, 0.2) is 0 Å². The molecule has 2 nitrogen and oxygen atoms in total. The third kappa shape index (κ3) is 2.88. The van der Waals surface area contributed by atoms with Crippen LogP contribution in [0.15, 0.2) is 42.5 Å². The molecule has 0 spiro atoms. The number of halogens is 2. The van der Waals surface area contributed by atoms with Crippen molar-refractivity contribution in [1.29, 1.82) is 0 Å². The first-order chi connectivity index (χ1) is 9.54. The van der Waals surface area contributed by atoms with Gasteiger partial charge in [-0.1, -0.05) is 23.7 Å². The molecule has 0 saturated carbocycles. The van der Waals surface area contributed by atoms with E-state index in [0.29, 0.717) is 22.8 Å². The van der Waals surface area contributed by atoms with E-state index in [2.05, 4.69) is 0 Å². The predicted octanol–water partition coefficient (Wildman–Crippen LogP) is 4.77. The van der Waals surface area contributed by atoms with Gasteiger partial charge in [0.25, 0.3) is 0 Å². The summed E-state index contributed by atoms with van der Waals surface area (Å²) < 4.78 is 14.0. The summed E-state index contributed by atoms with van der Waals surface area (Å²) in [5, 5.41) is 10.5. The van der Waals surface area contributed by atoms with Crippen LogP contribution in [-0.2, 0) is 0 Å². The number of aromatic hydroxyl groups is 1. The standard InChI is InChI=1S/C16H17ClFNO/c1-3-19(15-7-5-4-6-14(15)18)11(2)13-10-12(17)8-9-16(13)20/h4-11,20H,3H2,1-2H3. The highest BCUT2D eigenvalue weighted by molar-refractivity contribution is 6.30. The van der Waals surface area contributed by atoms with E-state index in [1.165, 1.54) is 6.07 Å². The van der Waals surface area contributed by atoms with Crippen LogP contribution in [0.4, 0.5) is 10.1 Å². The zero-order valence-electron chi connectivity index (χ0n) is 11.5. The normalized spacial score (nSPS) is 12.2. The monoisotopic (exact) mass is 293 g/mol. The highest BCUT2D eigenvalue weighted by Crippen LogP contribution is 2.34. The summed E-state index contributed by atoms with van der Waals surface area (Å²) in [6.07, 6.45) is 0. The van der Waals surface area contributed by atoms with Gasteiger partial charge in [0.2, 0.25) is 0 Å². The van der Waals surface area contributed by atoms with Crippen LogP contribution < -0.4 is 4.90 Å². The van der Waals surface area contributed by atoms with E-state index in [9.17, 15) is 9.50 Å². The van der Waals surface area contributed by atoms with E-state index in [0.717, 1.165) is 0 Å². The number of nitrogens with zero attached hydrogens (tertiary/aromatic N) is 1. The highest BCUT2D eigenvalue weighted by Gasteiger charge is 2.20. The minimum absolute atomic E-state index is 0.164. The van der Waals surface area contributed by atoms with Crippen LogP contribution in [0.25, 0.3) is 0 Å². The summed E-state index contributed by atoms with van der Waals surface area (Å²) in [6, 6.07) is 11.3. The second-order valence-corrected chi connectivity index (χ2v) is 5.05. The Hall–Kier alpha value is -1.74. The maximum Gasteiger partial charge on any atom is 0.146 e. The summed E-state index contributed by atoms with van der Waals surface area (Å²) in [6.45, 7) is 4.49. The topological polar surface area (TPSA) is 23.5 Å². The maximum atomic E-state index is 14.0. The van der Waals surface area contributed by atoms with Gasteiger partial charge in [-0.05, 0) is 44.2 Å². The third-order valence-electron chi connectivity index (χ3n) is 3.41. The number of hydrogen-bond acceptors (Lipinski definition) is 2. The van der Waals surface area contributed by atoms with Crippen molar-refractivity contribution < 1.29 is 9.50 Å². The Balaban J connectivity index is 2.41. The molecule has 0 bridgehead atoms. The van der Waals surface area contributed by atoms with Crippen LogP contribution >= 0.6 is 11.6 Å². The van der Waals surface area contributed by atoms with Crippen molar-refractivity contribution in [1.82, 2.24) is 0 Å². The minimum Gasteiger partial charge on any atom is -0.508 e. The average molecular weight is 294 g/mol. The first kappa shape index (κ1) is 14.7. The first-order valence-corrected chi connectivity index (χ1v) is 6.92. The molecule has 20 heavy (non-hydrogen) atoms. The van der Waals surface area contributed by atoms with Crippen molar-refractivity contribution in [2.24, 2.45) is 0 Å². The van der Waals surface area contributed by atoms with E-state index >= 15 is 0 Å². The summed E-state index contributed by atoms with van der Waals surface area (Å²) in [5.41, 5.74) is 1.20. The molecule has 0 fully saturated rings. The SMILES string of the molecule is CCN(c1ccccc1F)C(C)c1cc(Cl)ccc1O. The maximum absolute atomic E-state index is 14.0. The third-order valence-corrected chi connectivity index (χ3v) is 3.64. The van der Waals surface area contributed by atoms with E-state index in [-0.39, 0.29) is 17.6 Å². The van der Waals surface area contributed by atoms with Crippen LogP contribution in [0.2, 0.25) is 5.02 Å². The number of para-hydroxylation sites is 1. The largest absolute Gasteiger partial charge is 0.508 e. The molecule has 0 radical (unpaired) electrons. The molecule has 2 rings (SSSR count). The second-order valence-electron chi connectivity index (χ2n) is 4.62. The molecule has 1 unspecified atom stereocenters. The van der Waals surface area contributed by atoms with E-state index in [1.54, 1.807) is 36.4 Å². The van der Waals surface area contributed by atoms with Gasteiger partial charge in [0, 0.05) is 17.1 Å². The van der Waals surface area contributed by atoms with Gasteiger partial charge in [-0.3, -0.25) is 0 Å². The summed E-state index contributed by atoms with van der Waals surface area (Å²) in [5.74, 6) is -0.112. The van der Waals surface area contributed by atoms with E-state index in [1.807, 2.05) is 18.7 Å². The lowest BCUT2D eigenvalue weighted by molar-refractivity contribution is 0.460. The van der Waals surface area contributed by atoms with Crippen molar-refractivity contribution >= 4 is 17.3 Å². The molecule has 0 aliphatic heterocycles. The van der Waals surface area contributed by atoms with Crippen LogP contribution in [0, 0.1) is 5.82 Å². The summed E-state index contributed by atoms with van der Waals surface area (Å²) >= 11 is 5.98. The number of phenolic OH excluding ortho intramolecular Hbond substituents is 1. The zero-order chi connectivity index (χ0) is 14.7. The van der Waals surface area contributed by atoms with Crippen LogP contribution in [0.3, 0.4) is 0 Å². The molecule has 0 aliphatic rings. The van der Waals surface area contributed by atoms with Crippen LogP contribution in [-0.4, -0.2) is 11.7 Å². The highest BCUT2D eigenvalue weighted by atomic mass is 35.5. The number of phenols is 1. The lowest BCUT2D eigenvalue weighted by atomic mass is 10.0. The second kappa shape index (κ2) is 6.14. The minimum atomic E-state index is -0.275. The Morgan fingerprint density at radius 2 is 1.95 bits per heavy atom. The molecule has 1 atom stereocenters. The van der Waals surface area contributed by atoms with Crippen molar-refractivity contribution in [3.8, 4) is 5.75 Å². The van der Waals surface area contributed by atoms with E-state index < -0.39 is 0 Å². The fraction of sp³-hybridized carbons (Fsp3) is 0.250. The van der Waals surface area contributed by atoms with Crippen LogP contribution in [0.5, 0.6) is 5.75 Å². The number of hydrogen-bond donors (Lipinski definition) is 1. The fourth-order valence-corrected chi connectivity index (χ4v) is 2.55. The molecule has 0 aromatic heterocycles. The molecular formula is C16H17ClFNO. The number of anilines is 1. The lowest BCUT2D eigenvalue weighted by Crippen LogP contribution is -2.27. The quantitative estimate of drug-likeness (QED) is 0.877. The molecule has 0 saturated heterocycles. The van der Waals surface area contributed by atoms with Crippen molar-refractivity contribution in [2.75, 3.05) is 11.4 Å². The van der Waals surface area contributed by atoms with Gasteiger partial charge in [-0.25, -0.2) is 4.39 Å². The molecule has 1 N–H and O–H groups in total.